The molecule has 3 nitrogen and oxygen atoms in total. The fourth-order valence-electron chi connectivity index (χ4n) is 3.91. The standard InChI is InChI=1S/C18H36N2O/c1-16(2)20-13-7-17(8-14-20)4-10-19-11-5-18(6-12-19)9-15-21-3/h16-18H,4-15H2,1-3H3. The summed E-state index contributed by atoms with van der Waals surface area (Å²) >= 11 is 0. The van der Waals surface area contributed by atoms with Gasteiger partial charge in [0.25, 0.3) is 0 Å². The largest absolute Gasteiger partial charge is 0.385 e. The highest BCUT2D eigenvalue weighted by atomic mass is 16.5. The maximum absolute atomic E-state index is 5.21. The minimum Gasteiger partial charge on any atom is -0.385 e. The molecule has 0 saturated carbocycles. The summed E-state index contributed by atoms with van der Waals surface area (Å²) in [5.41, 5.74) is 0. The molecule has 2 aliphatic rings. The van der Waals surface area contributed by atoms with Crippen molar-refractivity contribution in [1.29, 1.82) is 0 Å². The zero-order valence-electron chi connectivity index (χ0n) is 14.5. The smallest absolute Gasteiger partial charge is 0.0464 e. The van der Waals surface area contributed by atoms with Crippen molar-refractivity contribution in [2.24, 2.45) is 11.8 Å². The van der Waals surface area contributed by atoms with Crippen LogP contribution in [0.25, 0.3) is 0 Å². The first-order chi connectivity index (χ1) is 10.2. The van der Waals surface area contributed by atoms with E-state index in [9.17, 15) is 0 Å². The molecule has 2 heterocycles. The van der Waals surface area contributed by atoms with Gasteiger partial charge in [0.1, 0.15) is 0 Å². The molecular formula is C18H36N2O. The van der Waals surface area contributed by atoms with Crippen LogP contribution in [0.3, 0.4) is 0 Å². The van der Waals surface area contributed by atoms with E-state index in [1.165, 1.54) is 71.2 Å². The van der Waals surface area contributed by atoms with E-state index in [-0.39, 0.29) is 0 Å². The molecule has 2 aliphatic heterocycles. The Morgan fingerprint density at radius 2 is 1.48 bits per heavy atom. The van der Waals surface area contributed by atoms with Gasteiger partial charge in [0.05, 0.1) is 0 Å². The van der Waals surface area contributed by atoms with Gasteiger partial charge in [-0.2, -0.15) is 0 Å². The third-order valence-electron chi connectivity index (χ3n) is 5.67. The highest BCUT2D eigenvalue weighted by Gasteiger charge is 2.23. The van der Waals surface area contributed by atoms with E-state index in [0.29, 0.717) is 0 Å². The van der Waals surface area contributed by atoms with E-state index in [2.05, 4.69) is 23.6 Å². The second-order valence-electron chi connectivity index (χ2n) is 7.43. The molecule has 0 aliphatic carbocycles. The Bertz CT molecular complexity index is 266. The first kappa shape index (κ1) is 17.2. The fraction of sp³-hybridized carbons (Fsp3) is 1.00. The van der Waals surface area contributed by atoms with Crippen LogP contribution in [-0.2, 0) is 4.74 Å². The zero-order valence-corrected chi connectivity index (χ0v) is 14.5. The van der Waals surface area contributed by atoms with E-state index >= 15 is 0 Å². The Morgan fingerprint density at radius 1 is 0.905 bits per heavy atom. The summed E-state index contributed by atoms with van der Waals surface area (Å²) in [6, 6.07) is 0.733. The molecule has 0 unspecified atom stereocenters. The molecule has 3 heteroatoms. The molecule has 0 aromatic heterocycles. The van der Waals surface area contributed by atoms with Gasteiger partial charge in [0.2, 0.25) is 0 Å². The molecule has 21 heavy (non-hydrogen) atoms. The molecule has 2 saturated heterocycles. The lowest BCUT2D eigenvalue weighted by Crippen LogP contribution is -2.40. The Hall–Kier alpha value is -0.120. The quantitative estimate of drug-likeness (QED) is 0.717. The molecule has 0 aromatic rings. The van der Waals surface area contributed by atoms with Crippen molar-refractivity contribution in [3.8, 4) is 0 Å². The first-order valence-electron chi connectivity index (χ1n) is 9.14. The van der Waals surface area contributed by atoms with Crippen LogP contribution in [0, 0.1) is 11.8 Å². The van der Waals surface area contributed by atoms with Crippen LogP contribution < -0.4 is 0 Å². The topological polar surface area (TPSA) is 15.7 Å². The normalized spacial score (nSPS) is 24.0. The Labute approximate surface area is 132 Å². The second kappa shape index (κ2) is 9.12. The second-order valence-corrected chi connectivity index (χ2v) is 7.43. The molecule has 0 N–H and O–H groups in total. The number of rotatable bonds is 7. The molecule has 0 spiro atoms. The molecule has 0 radical (unpaired) electrons. The Balaban J connectivity index is 1.56. The number of methoxy groups -OCH3 is 1. The lowest BCUT2D eigenvalue weighted by molar-refractivity contribution is 0.116. The lowest BCUT2D eigenvalue weighted by Gasteiger charge is -2.36. The van der Waals surface area contributed by atoms with Gasteiger partial charge in [-0.25, -0.2) is 0 Å². The van der Waals surface area contributed by atoms with Gasteiger partial charge in [-0.05, 0) is 96.9 Å². The third kappa shape index (κ3) is 5.88. The van der Waals surface area contributed by atoms with Crippen molar-refractivity contribution in [1.82, 2.24) is 9.80 Å². The maximum atomic E-state index is 5.21. The molecule has 2 rings (SSSR count). The summed E-state index contributed by atoms with van der Waals surface area (Å²) < 4.78 is 5.21. The van der Waals surface area contributed by atoms with Crippen molar-refractivity contribution in [2.45, 2.75) is 58.4 Å². The molecule has 0 aromatic carbocycles. The molecule has 0 amide bonds. The molecule has 0 atom stereocenters. The van der Waals surface area contributed by atoms with Crippen LogP contribution in [0.1, 0.15) is 52.4 Å². The van der Waals surface area contributed by atoms with Crippen LogP contribution in [-0.4, -0.2) is 62.3 Å². The van der Waals surface area contributed by atoms with Crippen molar-refractivity contribution in [3.63, 3.8) is 0 Å². The average molecular weight is 296 g/mol. The average Bonchev–Trinajstić information content (AvgIpc) is 2.52. The highest BCUT2D eigenvalue weighted by molar-refractivity contribution is 4.77. The van der Waals surface area contributed by atoms with Gasteiger partial charge in [-0.15, -0.1) is 0 Å². The van der Waals surface area contributed by atoms with Crippen LogP contribution in [0.15, 0.2) is 0 Å². The maximum Gasteiger partial charge on any atom is 0.0464 e. The van der Waals surface area contributed by atoms with Crippen LogP contribution >= 0.6 is 0 Å². The molecular weight excluding hydrogens is 260 g/mol. The van der Waals surface area contributed by atoms with E-state index in [1.807, 2.05) is 7.11 Å². The zero-order chi connectivity index (χ0) is 15.1. The summed E-state index contributed by atoms with van der Waals surface area (Å²) in [5.74, 6) is 1.89. The molecule has 124 valence electrons. The molecule has 2 fully saturated rings. The summed E-state index contributed by atoms with van der Waals surface area (Å²) in [6.45, 7) is 12.2. The summed E-state index contributed by atoms with van der Waals surface area (Å²) in [6.07, 6.45) is 8.29. The van der Waals surface area contributed by atoms with E-state index < -0.39 is 0 Å². The predicted molar refractivity (Wildman–Crippen MR) is 89.7 cm³/mol. The highest BCUT2D eigenvalue weighted by Crippen LogP contribution is 2.24. The number of nitrogens with zero attached hydrogens (tertiary/aromatic N) is 2. The third-order valence-corrected chi connectivity index (χ3v) is 5.67. The van der Waals surface area contributed by atoms with E-state index in [0.717, 1.165) is 24.5 Å². The number of likely N-dealkylation sites (tertiary alicyclic amines) is 2. The lowest BCUT2D eigenvalue weighted by atomic mass is 9.91. The van der Waals surface area contributed by atoms with Gasteiger partial charge >= 0.3 is 0 Å². The summed E-state index contributed by atoms with van der Waals surface area (Å²) in [4.78, 5) is 5.34. The number of ether oxygens (including phenoxy) is 1. The monoisotopic (exact) mass is 296 g/mol. The van der Waals surface area contributed by atoms with Crippen LogP contribution in [0.2, 0.25) is 0 Å². The van der Waals surface area contributed by atoms with Gasteiger partial charge in [-0.1, -0.05) is 0 Å². The van der Waals surface area contributed by atoms with Crippen molar-refractivity contribution in [2.75, 3.05) is 46.4 Å². The number of hydrogen-bond donors (Lipinski definition) is 0. The molecule has 0 bridgehead atoms. The fourth-order valence-corrected chi connectivity index (χ4v) is 3.91. The van der Waals surface area contributed by atoms with Gasteiger partial charge in [-0.3, -0.25) is 0 Å². The Morgan fingerprint density at radius 3 is 2.05 bits per heavy atom. The SMILES string of the molecule is COCCC1CCN(CCC2CCN(C(C)C)CC2)CC1. The number of piperidine rings is 2. The van der Waals surface area contributed by atoms with Gasteiger partial charge in [0.15, 0.2) is 0 Å². The van der Waals surface area contributed by atoms with Crippen molar-refractivity contribution in [3.05, 3.63) is 0 Å². The van der Waals surface area contributed by atoms with Crippen LogP contribution in [0.4, 0.5) is 0 Å². The van der Waals surface area contributed by atoms with Gasteiger partial charge in [0, 0.05) is 19.8 Å². The summed E-state index contributed by atoms with van der Waals surface area (Å²) in [5, 5.41) is 0. The van der Waals surface area contributed by atoms with Crippen molar-refractivity contribution >= 4 is 0 Å². The van der Waals surface area contributed by atoms with E-state index in [1.54, 1.807) is 0 Å². The Kier molecular flexibility index (Phi) is 7.48. The minimum absolute atomic E-state index is 0.733. The van der Waals surface area contributed by atoms with Crippen LogP contribution in [0.5, 0.6) is 0 Å². The first-order valence-corrected chi connectivity index (χ1v) is 9.14. The van der Waals surface area contributed by atoms with E-state index in [4.69, 9.17) is 4.74 Å². The minimum atomic E-state index is 0.733. The van der Waals surface area contributed by atoms with Crippen molar-refractivity contribution < 1.29 is 4.74 Å². The van der Waals surface area contributed by atoms with Gasteiger partial charge < -0.3 is 14.5 Å². The predicted octanol–water partition coefficient (Wildman–Crippen LogP) is 3.25. The summed E-state index contributed by atoms with van der Waals surface area (Å²) in [7, 11) is 1.82. The number of hydrogen-bond acceptors (Lipinski definition) is 3.